The number of fused-ring (bicyclic) bond motifs is 1. The maximum atomic E-state index is 9.37. The Balaban J connectivity index is 2.03. The molecule has 1 unspecified atom stereocenters. The minimum Gasteiger partial charge on any atom is -0.508 e. The smallest absolute Gasteiger partial charge is 0.132 e. The van der Waals surface area contributed by atoms with Crippen LogP contribution in [-0.2, 0) is 4.74 Å². The van der Waals surface area contributed by atoms with E-state index in [1.54, 1.807) is 18.3 Å². The van der Waals surface area contributed by atoms with Crippen LogP contribution in [0.1, 0.15) is 11.9 Å². The van der Waals surface area contributed by atoms with Crippen molar-refractivity contribution in [2.75, 3.05) is 19.8 Å². The van der Waals surface area contributed by atoms with Crippen LogP contribution in [0.4, 0.5) is 0 Å². The number of hydrogen-bond donors (Lipinski definition) is 2. The predicted molar refractivity (Wildman–Crippen MR) is 58.4 cm³/mol. The van der Waals surface area contributed by atoms with Gasteiger partial charge >= 0.3 is 0 Å². The predicted octanol–water partition coefficient (Wildman–Crippen LogP) is 0.701. The monoisotopic (exact) mass is 219 g/mol. The molecular formula is C11H13N3O2. The van der Waals surface area contributed by atoms with Gasteiger partial charge < -0.3 is 19.6 Å². The molecule has 1 aliphatic heterocycles. The first-order valence-corrected chi connectivity index (χ1v) is 5.32. The van der Waals surface area contributed by atoms with Gasteiger partial charge in [0, 0.05) is 18.8 Å². The van der Waals surface area contributed by atoms with E-state index in [4.69, 9.17) is 4.74 Å². The van der Waals surface area contributed by atoms with Crippen LogP contribution in [0.25, 0.3) is 5.52 Å². The van der Waals surface area contributed by atoms with Gasteiger partial charge in [-0.05, 0) is 6.07 Å². The summed E-state index contributed by atoms with van der Waals surface area (Å²) in [5.41, 5.74) is 0.891. The van der Waals surface area contributed by atoms with Gasteiger partial charge in [0.05, 0.1) is 31.0 Å². The summed E-state index contributed by atoms with van der Waals surface area (Å²) in [7, 11) is 0. The number of aromatic nitrogens is 2. The van der Waals surface area contributed by atoms with Crippen molar-refractivity contribution in [1.29, 1.82) is 0 Å². The molecule has 1 atom stereocenters. The van der Waals surface area contributed by atoms with E-state index < -0.39 is 0 Å². The number of imidazole rings is 1. The third-order valence-corrected chi connectivity index (χ3v) is 2.78. The van der Waals surface area contributed by atoms with Crippen LogP contribution >= 0.6 is 0 Å². The van der Waals surface area contributed by atoms with E-state index in [1.165, 1.54) is 0 Å². The Morgan fingerprint density at radius 1 is 1.56 bits per heavy atom. The Bertz CT molecular complexity index is 503. The van der Waals surface area contributed by atoms with Crippen molar-refractivity contribution in [2.24, 2.45) is 0 Å². The third kappa shape index (κ3) is 1.54. The van der Waals surface area contributed by atoms with Crippen LogP contribution in [0.15, 0.2) is 24.5 Å². The van der Waals surface area contributed by atoms with Gasteiger partial charge in [-0.3, -0.25) is 0 Å². The van der Waals surface area contributed by atoms with E-state index in [0.29, 0.717) is 6.61 Å². The van der Waals surface area contributed by atoms with Gasteiger partial charge in [0.25, 0.3) is 0 Å². The number of rotatable bonds is 1. The van der Waals surface area contributed by atoms with Gasteiger partial charge in [0.2, 0.25) is 0 Å². The molecule has 0 saturated carbocycles. The van der Waals surface area contributed by atoms with Crippen molar-refractivity contribution >= 4 is 5.52 Å². The normalized spacial score (nSPS) is 21.4. The summed E-state index contributed by atoms with van der Waals surface area (Å²) >= 11 is 0. The Morgan fingerprint density at radius 3 is 3.31 bits per heavy atom. The van der Waals surface area contributed by atoms with E-state index in [2.05, 4.69) is 10.3 Å². The van der Waals surface area contributed by atoms with Crippen molar-refractivity contribution in [1.82, 2.24) is 14.7 Å². The Labute approximate surface area is 92.7 Å². The van der Waals surface area contributed by atoms with Gasteiger partial charge in [-0.2, -0.15) is 0 Å². The lowest BCUT2D eigenvalue weighted by Crippen LogP contribution is -2.35. The fraction of sp³-hybridized carbons (Fsp3) is 0.364. The highest BCUT2D eigenvalue weighted by atomic mass is 16.5. The molecule has 5 nitrogen and oxygen atoms in total. The van der Waals surface area contributed by atoms with Gasteiger partial charge in [-0.1, -0.05) is 0 Å². The van der Waals surface area contributed by atoms with Gasteiger partial charge in [0.1, 0.15) is 11.6 Å². The number of nitrogens with one attached hydrogen (secondary N) is 1. The first kappa shape index (κ1) is 9.62. The molecule has 3 heterocycles. The van der Waals surface area contributed by atoms with E-state index in [0.717, 1.165) is 24.5 Å². The SMILES string of the molecule is Oc1ccn2c(C3COCCN3)ncc2c1. The summed E-state index contributed by atoms with van der Waals surface area (Å²) in [5, 5.41) is 12.7. The minimum absolute atomic E-state index is 0.126. The Hall–Kier alpha value is -1.59. The fourth-order valence-corrected chi connectivity index (χ4v) is 2.00. The molecule has 0 spiro atoms. The van der Waals surface area contributed by atoms with E-state index in [1.807, 2.05) is 10.6 Å². The zero-order valence-corrected chi connectivity index (χ0v) is 8.76. The molecule has 5 heteroatoms. The summed E-state index contributed by atoms with van der Waals surface area (Å²) in [6.45, 7) is 2.23. The molecule has 2 N–H and O–H groups in total. The number of nitrogens with zero attached hydrogens (tertiary/aromatic N) is 2. The average Bonchev–Trinajstić information content (AvgIpc) is 2.73. The second-order valence-electron chi connectivity index (χ2n) is 3.88. The van der Waals surface area contributed by atoms with Crippen molar-refractivity contribution in [2.45, 2.75) is 6.04 Å². The summed E-state index contributed by atoms with van der Waals surface area (Å²) in [5.74, 6) is 1.18. The topological polar surface area (TPSA) is 58.8 Å². The molecule has 0 radical (unpaired) electrons. The van der Waals surface area contributed by atoms with E-state index in [9.17, 15) is 5.11 Å². The summed E-state index contributed by atoms with van der Waals surface area (Å²) in [6, 6.07) is 3.47. The number of pyridine rings is 1. The molecule has 2 aromatic heterocycles. The standard InChI is InChI=1S/C11H13N3O2/c15-9-1-3-14-8(5-9)6-13-11(14)10-7-16-4-2-12-10/h1,3,5-6,10,12,15H,2,4,7H2. The molecule has 1 fully saturated rings. The van der Waals surface area contributed by atoms with Gasteiger partial charge in [-0.15, -0.1) is 0 Å². The zero-order chi connectivity index (χ0) is 11.0. The maximum Gasteiger partial charge on any atom is 0.132 e. The number of aromatic hydroxyl groups is 1. The van der Waals surface area contributed by atoms with Crippen LogP contribution < -0.4 is 5.32 Å². The van der Waals surface area contributed by atoms with Crippen LogP contribution in [0.3, 0.4) is 0 Å². The van der Waals surface area contributed by atoms with Gasteiger partial charge in [-0.25, -0.2) is 4.98 Å². The second-order valence-corrected chi connectivity index (χ2v) is 3.88. The molecular weight excluding hydrogens is 206 g/mol. The lowest BCUT2D eigenvalue weighted by atomic mass is 10.2. The number of morpholine rings is 1. The summed E-state index contributed by atoms with van der Waals surface area (Å²) in [4.78, 5) is 4.37. The summed E-state index contributed by atoms with van der Waals surface area (Å²) < 4.78 is 7.38. The number of hydrogen-bond acceptors (Lipinski definition) is 4. The van der Waals surface area contributed by atoms with E-state index in [-0.39, 0.29) is 11.8 Å². The molecule has 16 heavy (non-hydrogen) atoms. The lowest BCUT2D eigenvalue weighted by molar-refractivity contribution is 0.0740. The highest BCUT2D eigenvalue weighted by Gasteiger charge is 2.19. The average molecular weight is 219 g/mol. The molecule has 0 aliphatic carbocycles. The molecule has 3 rings (SSSR count). The lowest BCUT2D eigenvalue weighted by Gasteiger charge is -2.22. The number of ether oxygens (including phenoxy) is 1. The highest BCUT2D eigenvalue weighted by molar-refractivity contribution is 5.50. The molecule has 0 amide bonds. The molecule has 1 saturated heterocycles. The van der Waals surface area contributed by atoms with Crippen LogP contribution in [0, 0.1) is 0 Å². The second kappa shape index (κ2) is 3.77. The largest absolute Gasteiger partial charge is 0.508 e. The zero-order valence-electron chi connectivity index (χ0n) is 8.76. The highest BCUT2D eigenvalue weighted by Crippen LogP contribution is 2.19. The minimum atomic E-state index is 0.126. The van der Waals surface area contributed by atoms with Crippen LogP contribution in [0.5, 0.6) is 5.75 Å². The first-order chi connectivity index (χ1) is 7.84. The van der Waals surface area contributed by atoms with Crippen molar-refractivity contribution in [3.8, 4) is 5.75 Å². The van der Waals surface area contributed by atoms with Crippen LogP contribution in [-0.4, -0.2) is 34.2 Å². The van der Waals surface area contributed by atoms with Crippen molar-refractivity contribution in [3.63, 3.8) is 0 Å². The maximum absolute atomic E-state index is 9.37. The molecule has 2 aromatic rings. The Kier molecular flexibility index (Phi) is 2.27. The molecule has 1 aliphatic rings. The van der Waals surface area contributed by atoms with E-state index >= 15 is 0 Å². The first-order valence-electron chi connectivity index (χ1n) is 5.32. The molecule has 0 bridgehead atoms. The molecule has 84 valence electrons. The van der Waals surface area contributed by atoms with Crippen molar-refractivity contribution in [3.05, 3.63) is 30.4 Å². The molecule has 0 aromatic carbocycles. The van der Waals surface area contributed by atoms with Gasteiger partial charge in [0.15, 0.2) is 0 Å². The summed E-state index contributed by atoms with van der Waals surface area (Å²) in [6.07, 6.45) is 3.58. The van der Waals surface area contributed by atoms with Crippen LogP contribution in [0.2, 0.25) is 0 Å². The fourth-order valence-electron chi connectivity index (χ4n) is 2.00. The quantitative estimate of drug-likeness (QED) is 0.741. The third-order valence-electron chi connectivity index (χ3n) is 2.78. The van der Waals surface area contributed by atoms with Crippen molar-refractivity contribution < 1.29 is 9.84 Å². The Morgan fingerprint density at radius 2 is 2.50 bits per heavy atom.